The Kier molecular flexibility index (Phi) is 3.62. The van der Waals surface area contributed by atoms with Gasteiger partial charge in [0.1, 0.15) is 16.8 Å². The van der Waals surface area contributed by atoms with Crippen molar-refractivity contribution in [3.63, 3.8) is 0 Å². The van der Waals surface area contributed by atoms with Gasteiger partial charge in [0, 0.05) is 18.2 Å². The third-order valence-corrected chi connectivity index (χ3v) is 3.60. The number of hydrogen-bond acceptors (Lipinski definition) is 3. The zero-order chi connectivity index (χ0) is 14.1. The van der Waals surface area contributed by atoms with Gasteiger partial charge in [0.2, 0.25) is 0 Å². The molecule has 0 unspecified atom stereocenters. The summed E-state index contributed by atoms with van der Waals surface area (Å²) >= 11 is 6.09. The molecule has 1 aromatic heterocycles. The van der Waals surface area contributed by atoms with Gasteiger partial charge in [-0.25, -0.2) is 9.97 Å². The summed E-state index contributed by atoms with van der Waals surface area (Å²) in [6, 6.07) is 8.12. The summed E-state index contributed by atoms with van der Waals surface area (Å²) in [7, 11) is 0. The molecule has 4 heteroatoms. The second kappa shape index (κ2) is 5.41. The highest BCUT2D eigenvalue weighted by atomic mass is 35.5. The molecule has 1 N–H and O–H groups in total. The summed E-state index contributed by atoms with van der Waals surface area (Å²) in [5.41, 5.74) is 3.49. The van der Waals surface area contributed by atoms with Crippen LogP contribution >= 0.6 is 11.6 Å². The normalized spacial score (nSPS) is 14.3. The molecule has 0 saturated heterocycles. The van der Waals surface area contributed by atoms with Crippen molar-refractivity contribution in [1.82, 2.24) is 9.97 Å². The fourth-order valence-electron chi connectivity index (χ4n) is 2.39. The lowest BCUT2D eigenvalue weighted by molar-refractivity contribution is 0.771. The van der Waals surface area contributed by atoms with Gasteiger partial charge in [0.25, 0.3) is 0 Å². The SMILES string of the molecule is Cc1cc(C)cc(Nc2cc(Cl)nc(CC3CC3)n2)c1. The highest BCUT2D eigenvalue weighted by Crippen LogP contribution is 2.32. The molecule has 1 heterocycles. The van der Waals surface area contributed by atoms with E-state index in [0.717, 1.165) is 29.7 Å². The average Bonchev–Trinajstić information content (AvgIpc) is 3.10. The molecule has 3 rings (SSSR count). The van der Waals surface area contributed by atoms with E-state index in [1.165, 1.54) is 24.0 Å². The van der Waals surface area contributed by atoms with Crippen LogP contribution in [0.25, 0.3) is 0 Å². The van der Waals surface area contributed by atoms with E-state index >= 15 is 0 Å². The van der Waals surface area contributed by atoms with Crippen LogP contribution in [0.5, 0.6) is 0 Å². The fourth-order valence-corrected chi connectivity index (χ4v) is 2.60. The number of nitrogens with one attached hydrogen (secondary N) is 1. The summed E-state index contributed by atoms with van der Waals surface area (Å²) in [4.78, 5) is 8.87. The number of anilines is 2. The minimum atomic E-state index is 0.502. The quantitative estimate of drug-likeness (QED) is 0.845. The van der Waals surface area contributed by atoms with Crippen molar-refractivity contribution in [3.05, 3.63) is 46.4 Å². The van der Waals surface area contributed by atoms with Crippen LogP contribution in [0.3, 0.4) is 0 Å². The number of halogens is 1. The molecular formula is C16H18ClN3. The van der Waals surface area contributed by atoms with Gasteiger partial charge >= 0.3 is 0 Å². The smallest absolute Gasteiger partial charge is 0.135 e. The van der Waals surface area contributed by atoms with Crippen LogP contribution in [0, 0.1) is 19.8 Å². The Labute approximate surface area is 124 Å². The van der Waals surface area contributed by atoms with Crippen LogP contribution in [0.4, 0.5) is 11.5 Å². The predicted molar refractivity (Wildman–Crippen MR) is 82.7 cm³/mol. The molecule has 0 radical (unpaired) electrons. The molecule has 0 aliphatic heterocycles. The van der Waals surface area contributed by atoms with Gasteiger partial charge in [-0.1, -0.05) is 17.7 Å². The molecule has 1 aliphatic rings. The Morgan fingerprint density at radius 3 is 2.45 bits per heavy atom. The van der Waals surface area contributed by atoms with Gasteiger partial charge in [0.05, 0.1) is 0 Å². The molecule has 1 saturated carbocycles. The zero-order valence-corrected chi connectivity index (χ0v) is 12.5. The third-order valence-electron chi connectivity index (χ3n) is 3.40. The first kappa shape index (κ1) is 13.4. The standard InChI is InChI=1S/C16H18ClN3/c1-10-5-11(2)7-13(6-10)18-16-9-14(17)19-15(20-16)8-12-3-4-12/h5-7,9,12H,3-4,8H2,1-2H3,(H,18,19,20). The molecule has 0 spiro atoms. The molecular weight excluding hydrogens is 270 g/mol. The highest BCUT2D eigenvalue weighted by Gasteiger charge is 2.23. The maximum atomic E-state index is 6.09. The number of benzene rings is 1. The molecule has 1 aliphatic carbocycles. The van der Waals surface area contributed by atoms with Crippen LogP contribution < -0.4 is 5.32 Å². The Balaban J connectivity index is 1.83. The van der Waals surface area contributed by atoms with Crippen molar-refractivity contribution in [2.24, 2.45) is 5.92 Å². The minimum Gasteiger partial charge on any atom is -0.340 e. The Bertz CT molecular complexity index is 615. The first-order valence-corrected chi connectivity index (χ1v) is 7.35. The summed E-state index contributed by atoms with van der Waals surface area (Å²) < 4.78 is 0. The number of hydrogen-bond donors (Lipinski definition) is 1. The van der Waals surface area contributed by atoms with Crippen molar-refractivity contribution in [1.29, 1.82) is 0 Å². The monoisotopic (exact) mass is 287 g/mol. The maximum absolute atomic E-state index is 6.09. The average molecular weight is 288 g/mol. The Morgan fingerprint density at radius 1 is 1.10 bits per heavy atom. The summed E-state index contributed by atoms with van der Waals surface area (Å²) in [6.45, 7) is 4.17. The predicted octanol–water partition coefficient (Wildman–Crippen LogP) is 4.44. The van der Waals surface area contributed by atoms with Gasteiger partial charge < -0.3 is 5.32 Å². The molecule has 104 valence electrons. The number of aromatic nitrogens is 2. The lowest BCUT2D eigenvalue weighted by atomic mass is 10.1. The van der Waals surface area contributed by atoms with Crippen LogP contribution in [0.15, 0.2) is 24.3 Å². The molecule has 3 nitrogen and oxygen atoms in total. The van der Waals surface area contributed by atoms with E-state index in [9.17, 15) is 0 Å². The maximum Gasteiger partial charge on any atom is 0.135 e. The van der Waals surface area contributed by atoms with E-state index in [-0.39, 0.29) is 0 Å². The first-order valence-electron chi connectivity index (χ1n) is 6.97. The number of nitrogens with zero attached hydrogens (tertiary/aromatic N) is 2. The molecule has 1 aromatic carbocycles. The first-order chi connectivity index (χ1) is 9.58. The van der Waals surface area contributed by atoms with Gasteiger partial charge in [-0.2, -0.15) is 0 Å². The van der Waals surface area contributed by atoms with Crippen LogP contribution in [0.1, 0.15) is 29.8 Å². The molecule has 0 bridgehead atoms. The summed E-state index contributed by atoms with van der Waals surface area (Å²) in [5, 5.41) is 3.83. The minimum absolute atomic E-state index is 0.502. The van der Waals surface area contributed by atoms with E-state index < -0.39 is 0 Å². The van der Waals surface area contributed by atoms with Crippen molar-refractivity contribution in [2.45, 2.75) is 33.1 Å². The topological polar surface area (TPSA) is 37.8 Å². The molecule has 1 fully saturated rings. The van der Waals surface area contributed by atoms with Crippen molar-refractivity contribution in [2.75, 3.05) is 5.32 Å². The largest absolute Gasteiger partial charge is 0.340 e. The molecule has 0 atom stereocenters. The van der Waals surface area contributed by atoms with E-state index in [4.69, 9.17) is 11.6 Å². The van der Waals surface area contributed by atoms with Gasteiger partial charge in [-0.15, -0.1) is 0 Å². The van der Waals surface area contributed by atoms with Crippen molar-refractivity contribution >= 4 is 23.1 Å². The van der Waals surface area contributed by atoms with Crippen LogP contribution in [-0.2, 0) is 6.42 Å². The Morgan fingerprint density at radius 2 is 1.80 bits per heavy atom. The lowest BCUT2D eigenvalue weighted by Crippen LogP contribution is -2.02. The molecule has 20 heavy (non-hydrogen) atoms. The molecule has 0 amide bonds. The zero-order valence-electron chi connectivity index (χ0n) is 11.8. The van der Waals surface area contributed by atoms with E-state index in [0.29, 0.717) is 5.15 Å². The van der Waals surface area contributed by atoms with E-state index in [1.54, 1.807) is 6.07 Å². The second-order valence-electron chi connectivity index (χ2n) is 5.64. The van der Waals surface area contributed by atoms with Gasteiger partial charge in [-0.3, -0.25) is 0 Å². The summed E-state index contributed by atoms with van der Waals surface area (Å²) in [5.74, 6) is 2.36. The van der Waals surface area contributed by atoms with Crippen LogP contribution in [0.2, 0.25) is 5.15 Å². The van der Waals surface area contributed by atoms with Crippen LogP contribution in [-0.4, -0.2) is 9.97 Å². The van der Waals surface area contributed by atoms with Gasteiger partial charge in [0.15, 0.2) is 0 Å². The highest BCUT2D eigenvalue weighted by molar-refractivity contribution is 6.29. The summed E-state index contributed by atoms with van der Waals surface area (Å²) in [6.07, 6.45) is 3.51. The molecule has 2 aromatic rings. The number of rotatable bonds is 4. The Hall–Kier alpha value is -1.61. The van der Waals surface area contributed by atoms with E-state index in [1.807, 2.05) is 0 Å². The van der Waals surface area contributed by atoms with E-state index in [2.05, 4.69) is 47.3 Å². The number of aryl methyl sites for hydroxylation is 2. The second-order valence-corrected chi connectivity index (χ2v) is 6.03. The third kappa shape index (κ3) is 3.48. The van der Waals surface area contributed by atoms with Crippen molar-refractivity contribution < 1.29 is 0 Å². The fraction of sp³-hybridized carbons (Fsp3) is 0.375. The van der Waals surface area contributed by atoms with Gasteiger partial charge in [-0.05, 0) is 55.9 Å². The lowest BCUT2D eigenvalue weighted by Gasteiger charge is -2.09. The van der Waals surface area contributed by atoms with Crippen molar-refractivity contribution in [3.8, 4) is 0 Å².